The number of ether oxygens (including phenoxy) is 2. The summed E-state index contributed by atoms with van der Waals surface area (Å²) in [5, 5.41) is 10.8. The second-order valence-electron chi connectivity index (χ2n) is 4.60. The summed E-state index contributed by atoms with van der Waals surface area (Å²) in [6.07, 6.45) is -1.93. The van der Waals surface area contributed by atoms with Gasteiger partial charge in [0.2, 0.25) is 0 Å². The van der Waals surface area contributed by atoms with Gasteiger partial charge in [0.05, 0.1) is 17.4 Å². The van der Waals surface area contributed by atoms with Crippen LogP contribution in [-0.4, -0.2) is 16.5 Å². The molecule has 1 aliphatic rings. The smallest absolute Gasteiger partial charge is 0.395 e. The van der Waals surface area contributed by atoms with Gasteiger partial charge in [0, 0.05) is 11.1 Å². The van der Waals surface area contributed by atoms with Crippen LogP contribution in [0.5, 0.6) is 11.5 Å². The number of nitrogens with zero attached hydrogens (tertiary/aromatic N) is 1. The first-order valence-electron chi connectivity index (χ1n) is 6.20. The fraction of sp³-hybridized carbons (Fsp3) is 0.0714. The molecule has 0 unspecified atom stereocenters. The number of para-hydroxylation sites is 1. The van der Waals surface area contributed by atoms with Crippen LogP contribution in [0.1, 0.15) is 0 Å². The van der Waals surface area contributed by atoms with Crippen molar-refractivity contribution in [3.05, 3.63) is 42.6 Å². The summed E-state index contributed by atoms with van der Waals surface area (Å²) in [6, 6.07) is 10.2. The van der Waals surface area contributed by atoms with Crippen LogP contribution in [-0.2, 0) is 0 Å². The minimum Gasteiger partial charge on any atom is -0.395 e. The Morgan fingerprint density at radius 3 is 2.95 bits per heavy atom. The van der Waals surface area contributed by atoms with Crippen molar-refractivity contribution in [3.63, 3.8) is 0 Å². The molecule has 0 radical (unpaired) electrons. The SMILES string of the molecule is FC1(F)Oc2cccc(Nc3ccc4cn[nH]c4c3)c2O1. The topological polar surface area (TPSA) is 59.2 Å². The average molecular weight is 289 g/mol. The third kappa shape index (κ3) is 2.03. The van der Waals surface area contributed by atoms with E-state index < -0.39 is 6.29 Å². The molecule has 1 aromatic heterocycles. The fourth-order valence-electron chi connectivity index (χ4n) is 2.24. The summed E-state index contributed by atoms with van der Waals surface area (Å²) in [7, 11) is 0. The van der Waals surface area contributed by atoms with E-state index in [4.69, 9.17) is 0 Å². The Hall–Kier alpha value is -2.83. The standard InChI is InChI=1S/C14H9F2N3O2/c15-14(16)20-12-3-1-2-10(13(12)21-14)18-9-5-4-8-7-17-19-11(8)6-9/h1-7,18H,(H,17,19). The highest BCUT2D eigenvalue weighted by molar-refractivity contribution is 5.83. The van der Waals surface area contributed by atoms with E-state index >= 15 is 0 Å². The van der Waals surface area contributed by atoms with Crippen LogP contribution in [0.25, 0.3) is 10.9 Å². The molecule has 106 valence electrons. The van der Waals surface area contributed by atoms with Gasteiger partial charge >= 0.3 is 6.29 Å². The monoisotopic (exact) mass is 289 g/mol. The number of hydrogen-bond donors (Lipinski definition) is 2. The minimum absolute atomic E-state index is 0.00705. The highest BCUT2D eigenvalue weighted by Crippen LogP contribution is 2.46. The number of aromatic nitrogens is 2. The maximum atomic E-state index is 13.1. The molecule has 0 amide bonds. The molecular weight excluding hydrogens is 280 g/mol. The minimum atomic E-state index is -3.63. The van der Waals surface area contributed by atoms with Crippen molar-refractivity contribution < 1.29 is 18.3 Å². The summed E-state index contributed by atoms with van der Waals surface area (Å²) in [5.74, 6) is -0.000161. The molecule has 21 heavy (non-hydrogen) atoms. The van der Waals surface area contributed by atoms with Crippen molar-refractivity contribution in [1.29, 1.82) is 0 Å². The number of H-pyrrole nitrogens is 1. The van der Waals surface area contributed by atoms with Crippen LogP contribution in [0.15, 0.2) is 42.6 Å². The van der Waals surface area contributed by atoms with E-state index in [1.807, 2.05) is 18.2 Å². The molecule has 4 rings (SSSR count). The van der Waals surface area contributed by atoms with E-state index in [2.05, 4.69) is 25.0 Å². The van der Waals surface area contributed by atoms with Gasteiger partial charge in [-0.15, -0.1) is 8.78 Å². The first-order valence-corrected chi connectivity index (χ1v) is 6.20. The quantitative estimate of drug-likeness (QED) is 0.756. The largest absolute Gasteiger partial charge is 0.586 e. The van der Waals surface area contributed by atoms with Crippen molar-refractivity contribution in [1.82, 2.24) is 10.2 Å². The van der Waals surface area contributed by atoms with Crippen LogP contribution in [0.4, 0.5) is 20.2 Å². The van der Waals surface area contributed by atoms with Gasteiger partial charge in [-0.25, -0.2) is 0 Å². The zero-order valence-corrected chi connectivity index (χ0v) is 10.6. The molecule has 3 aromatic rings. The summed E-state index contributed by atoms with van der Waals surface area (Å²) in [6.45, 7) is 0. The summed E-state index contributed by atoms with van der Waals surface area (Å²) in [5.41, 5.74) is 1.97. The molecule has 7 heteroatoms. The van der Waals surface area contributed by atoms with Gasteiger partial charge in [-0.2, -0.15) is 5.10 Å². The van der Waals surface area contributed by atoms with Crippen LogP contribution in [0.3, 0.4) is 0 Å². The van der Waals surface area contributed by atoms with E-state index in [-0.39, 0.29) is 11.5 Å². The van der Waals surface area contributed by atoms with Crippen LogP contribution >= 0.6 is 0 Å². The second-order valence-corrected chi connectivity index (χ2v) is 4.60. The van der Waals surface area contributed by atoms with E-state index in [0.717, 1.165) is 16.6 Å². The maximum Gasteiger partial charge on any atom is 0.586 e. The van der Waals surface area contributed by atoms with Gasteiger partial charge in [-0.3, -0.25) is 5.10 Å². The third-order valence-electron chi connectivity index (χ3n) is 3.15. The highest BCUT2D eigenvalue weighted by atomic mass is 19.3. The molecule has 1 aliphatic heterocycles. The Kier molecular flexibility index (Phi) is 2.32. The molecule has 0 atom stereocenters. The Bertz CT molecular complexity index is 832. The van der Waals surface area contributed by atoms with Gasteiger partial charge in [0.1, 0.15) is 0 Å². The van der Waals surface area contributed by atoms with E-state index in [1.165, 1.54) is 6.07 Å². The maximum absolute atomic E-state index is 13.1. The van der Waals surface area contributed by atoms with Crippen molar-refractivity contribution in [3.8, 4) is 11.5 Å². The molecule has 5 nitrogen and oxygen atoms in total. The van der Waals surface area contributed by atoms with Crippen LogP contribution in [0, 0.1) is 0 Å². The highest BCUT2D eigenvalue weighted by Gasteiger charge is 2.44. The average Bonchev–Trinajstić information content (AvgIpc) is 3.01. The van der Waals surface area contributed by atoms with Crippen LogP contribution < -0.4 is 14.8 Å². The number of fused-ring (bicyclic) bond motifs is 2. The fourth-order valence-corrected chi connectivity index (χ4v) is 2.24. The van der Waals surface area contributed by atoms with Crippen molar-refractivity contribution in [2.75, 3.05) is 5.32 Å². The molecule has 0 aliphatic carbocycles. The van der Waals surface area contributed by atoms with E-state index in [9.17, 15) is 8.78 Å². The number of benzene rings is 2. The lowest BCUT2D eigenvalue weighted by atomic mass is 10.2. The normalized spacial score (nSPS) is 15.3. The molecule has 0 bridgehead atoms. The summed E-state index contributed by atoms with van der Waals surface area (Å²) < 4.78 is 35.2. The second kappa shape index (κ2) is 4.08. The Balaban J connectivity index is 1.71. The Labute approximate surface area is 117 Å². The molecule has 2 heterocycles. The molecule has 0 fully saturated rings. The lowest BCUT2D eigenvalue weighted by Crippen LogP contribution is -2.26. The number of hydrogen-bond acceptors (Lipinski definition) is 4. The van der Waals surface area contributed by atoms with Gasteiger partial charge in [-0.1, -0.05) is 6.07 Å². The molecule has 0 saturated carbocycles. The van der Waals surface area contributed by atoms with Crippen LogP contribution in [0.2, 0.25) is 0 Å². The van der Waals surface area contributed by atoms with Gasteiger partial charge in [-0.05, 0) is 30.3 Å². The lowest BCUT2D eigenvalue weighted by Gasteiger charge is -2.09. The zero-order chi connectivity index (χ0) is 14.4. The predicted octanol–water partition coefficient (Wildman–Crippen LogP) is 3.63. The molecule has 2 aromatic carbocycles. The molecular formula is C14H9F2N3O2. The first kappa shape index (κ1) is 12.0. The number of aromatic amines is 1. The zero-order valence-electron chi connectivity index (χ0n) is 10.6. The summed E-state index contributed by atoms with van der Waals surface area (Å²) >= 11 is 0. The van der Waals surface area contributed by atoms with E-state index in [1.54, 1.807) is 18.3 Å². The number of halogens is 2. The number of anilines is 2. The number of rotatable bonds is 2. The molecule has 2 N–H and O–H groups in total. The third-order valence-corrected chi connectivity index (χ3v) is 3.15. The van der Waals surface area contributed by atoms with Crippen molar-refractivity contribution in [2.24, 2.45) is 0 Å². The van der Waals surface area contributed by atoms with Gasteiger partial charge < -0.3 is 14.8 Å². The first-order chi connectivity index (χ1) is 10.1. The van der Waals surface area contributed by atoms with Crippen molar-refractivity contribution in [2.45, 2.75) is 6.29 Å². The van der Waals surface area contributed by atoms with Crippen molar-refractivity contribution >= 4 is 22.3 Å². The van der Waals surface area contributed by atoms with Gasteiger partial charge in [0.25, 0.3) is 0 Å². The Morgan fingerprint density at radius 2 is 2.05 bits per heavy atom. The van der Waals surface area contributed by atoms with E-state index in [0.29, 0.717) is 5.69 Å². The number of nitrogens with one attached hydrogen (secondary N) is 2. The predicted molar refractivity (Wildman–Crippen MR) is 72.0 cm³/mol. The Morgan fingerprint density at radius 1 is 1.14 bits per heavy atom. The number of alkyl halides is 2. The molecule has 0 saturated heterocycles. The lowest BCUT2D eigenvalue weighted by molar-refractivity contribution is -0.286. The van der Waals surface area contributed by atoms with Gasteiger partial charge in [0.15, 0.2) is 11.5 Å². The molecule has 0 spiro atoms. The summed E-state index contributed by atoms with van der Waals surface area (Å²) in [4.78, 5) is 0.